The summed E-state index contributed by atoms with van der Waals surface area (Å²) in [7, 11) is 0. The Labute approximate surface area is 151 Å². The van der Waals surface area contributed by atoms with Crippen molar-refractivity contribution in [3.63, 3.8) is 0 Å². The smallest absolute Gasteiger partial charge is 0.369 e. The molecule has 1 N–H and O–H groups in total. The number of fused-ring (bicyclic) bond motifs is 1. The highest BCUT2D eigenvalue weighted by molar-refractivity contribution is 5.57. The van der Waals surface area contributed by atoms with E-state index in [2.05, 4.69) is 10.2 Å². The number of aromatic nitrogens is 2. The van der Waals surface area contributed by atoms with Gasteiger partial charge in [-0.1, -0.05) is 6.42 Å². The molecule has 1 fully saturated rings. The van der Waals surface area contributed by atoms with Crippen LogP contribution in [0.3, 0.4) is 0 Å². The van der Waals surface area contributed by atoms with Crippen LogP contribution >= 0.6 is 0 Å². The van der Waals surface area contributed by atoms with Crippen molar-refractivity contribution in [3.8, 4) is 5.69 Å². The SMILES string of the molecule is FC(F)(F)c1ccc(-n2nc(CCN3CCCCC3)c3c2NCC3)cc1. The van der Waals surface area contributed by atoms with Crippen LogP contribution in [-0.4, -0.2) is 40.9 Å². The highest BCUT2D eigenvalue weighted by atomic mass is 19.4. The van der Waals surface area contributed by atoms with Gasteiger partial charge < -0.3 is 10.2 Å². The third-order valence-electron chi connectivity index (χ3n) is 5.29. The molecule has 1 aromatic carbocycles. The number of benzene rings is 1. The van der Waals surface area contributed by atoms with Crippen LogP contribution in [0.5, 0.6) is 0 Å². The summed E-state index contributed by atoms with van der Waals surface area (Å²) < 4.78 is 40.1. The minimum atomic E-state index is -4.32. The standard InChI is InChI=1S/C19H23F3N4/c20-19(21,22)14-4-6-15(7-5-14)26-18-16(8-10-23-18)17(24-26)9-13-25-11-2-1-3-12-25/h4-7,23H,1-3,8-13H2. The Balaban J connectivity index is 1.55. The van der Waals surface area contributed by atoms with Crippen molar-refractivity contribution in [2.24, 2.45) is 0 Å². The van der Waals surface area contributed by atoms with Gasteiger partial charge in [-0.15, -0.1) is 0 Å². The summed E-state index contributed by atoms with van der Waals surface area (Å²) in [5.74, 6) is 0.929. The normalized spacial score (nSPS) is 18.0. The number of nitrogens with zero attached hydrogens (tertiary/aromatic N) is 3. The van der Waals surface area contributed by atoms with Crippen LogP contribution in [-0.2, 0) is 19.0 Å². The van der Waals surface area contributed by atoms with Gasteiger partial charge in [0, 0.05) is 25.1 Å². The van der Waals surface area contributed by atoms with Crippen LogP contribution in [0.4, 0.5) is 19.0 Å². The molecule has 2 aliphatic rings. The van der Waals surface area contributed by atoms with E-state index in [0.29, 0.717) is 5.69 Å². The second-order valence-corrected chi connectivity index (χ2v) is 7.06. The molecule has 26 heavy (non-hydrogen) atoms. The Morgan fingerprint density at radius 2 is 1.77 bits per heavy atom. The Bertz CT molecular complexity index is 758. The van der Waals surface area contributed by atoms with E-state index in [1.807, 2.05) is 0 Å². The predicted molar refractivity (Wildman–Crippen MR) is 94.8 cm³/mol. The number of likely N-dealkylation sites (tertiary alicyclic amines) is 1. The van der Waals surface area contributed by atoms with E-state index in [9.17, 15) is 13.2 Å². The van der Waals surface area contributed by atoms with Crippen molar-refractivity contribution in [3.05, 3.63) is 41.1 Å². The molecular weight excluding hydrogens is 341 g/mol. The zero-order chi connectivity index (χ0) is 18.1. The van der Waals surface area contributed by atoms with E-state index < -0.39 is 11.7 Å². The number of anilines is 1. The maximum Gasteiger partial charge on any atom is 0.416 e. The van der Waals surface area contributed by atoms with Gasteiger partial charge in [0.15, 0.2) is 0 Å². The number of hydrogen-bond acceptors (Lipinski definition) is 3. The van der Waals surface area contributed by atoms with Crippen molar-refractivity contribution in [1.29, 1.82) is 0 Å². The molecule has 0 radical (unpaired) electrons. The molecule has 4 nitrogen and oxygen atoms in total. The third-order valence-corrected chi connectivity index (χ3v) is 5.29. The van der Waals surface area contributed by atoms with Gasteiger partial charge in [0.05, 0.1) is 16.9 Å². The van der Waals surface area contributed by atoms with Crippen LogP contribution in [0.15, 0.2) is 24.3 Å². The summed E-state index contributed by atoms with van der Waals surface area (Å²) in [6.45, 7) is 4.15. The summed E-state index contributed by atoms with van der Waals surface area (Å²) in [6, 6.07) is 5.21. The Morgan fingerprint density at radius 3 is 2.46 bits per heavy atom. The molecule has 0 unspecified atom stereocenters. The van der Waals surface area contributed by atoms with E-state index in [1.54, 1.807) is 4.68 Å². The first kappa shape index (κ1) is 17.4. The van der Waals surface area contributed by atoms with Crippen molar-refractivity contribution in [2.45, 2.75) is 38.3 Å². The van der Waals surface area contributed by atoms with Gasteiger partial charge in [-0.25, -0.2) is 4.68 Å². The van der Waals surface area contributed by atoms with Crippen molar-refractivity contribution >= 4 is 5.82 Å². The lowest BCUT2D eigenvalue weighted by Gasteiger charge is -2.26. The van der Waals surface area contributed by atoms with Crippen molar-refractivity contribution in [2.75, 3.05) is 31.5 Å². The fraction of sp³-hybridized carbons (Fsp3) is 0.526. The predicted octanol–water partition coefficient (Wildman–Crippen LogP) is 3.89. The van der Waals surface area contributed by atoms with Crippen LogP contribution in [0.25, 0.3) is 5.69 Å². The molecule has 2 aromatic rings. The Kier molecular flexibility index (Phi) is 4.65. The molecule has 4 rings (SSSR count). The van der Waals surface area contributed by atoms with Gasteiger partial charge in [-0.3, -0.25) is 0 Å². The number of rotatable bonds is 4. The van der Waals surface area contributed by atoms with Gasteiger partial charge in [-0.2, -0.15) is 18.3 Å². The van der Waals surface area contributed by atoms with Crippen LogP contribution in [0, 0.1) is 0 Å². The molecule has 0 aliphatic carbocycles. The second kappa shape index (κ2) is 6.95. The molecule has 3 heterocycles. The fourth-order valence-corrected chi connectivity index (χ4v) is 3.87. The largest absolute Gasteiger partial charge is 0.416 e. The monoisotopic (exact) mass is 364 g/mol. The Morgan fingerprint density at radius 1 is 1.04 bits per heavy atom. The van der Waals surface area contributed by atoms with Gasteiger partial charge >= 0.3 is 6.18 Å². The lowest BCUT2D eigenvalue weighted by atomic mass is 10.1. The molecule has 0 amide bonds. The topological polar surface area (TPSA) is 33.1 Å². The zero-order valence-corrected chi connectivity index (χ0v) is 14.6. The molecule has 140 valence electrons. The lowest BCUT2D eigenvalue weighted by Crippen LogP contribution is -2.31. The van der Waals surface area contributed by atoms with Gasteiger partial charge in [-0.05, 0) is 56.6 Å². The third kappa shape index (κ3) is 3.45. The van der Waals surface area contributed by atoms with E-state index in [4.69, 9.17) is 5.10 Å². The number of alkyl halides is 3. The van der Waals surface area contributed by atoms with Crippen LogP contribution < -0.4 is 5.32 Å². The van der Waals surface area contributed by atoms with Crippen LogP contribution in [0.1, 0.15) is 36.1 Å². The average molecular weight is 364 g/mol. The van der Waals surface area contributed by atoms with Gasteiger partial charge in [0.25, 0.3) is 0 Å². The maximum absolute atomic E-state index is 12.8. The number of hydrogen-bond donors (Lipinski definition) is 1. The molecular formula is C19H23F3N4. The van der Waals surface area contributed by atoms with Gasteiger partial charge in [0.1, 0.15) is 5.82 Å². The van der Waals surface area contributed by atoms with Crippen molar-refractivity contribution < 1.29 is 13.2 Å². The zero-order valence-electron chi connectivity index (χ0n) is 14.6. The minimum Gasteiger partial charge on any atom is -0.369 e. The molecule has 1 saturated heterocycles. The molecule has 0 atom stereocenters. The fourth-order valence-electron chi connectivity index (χ4n) is 3.87. The number of halogens is 3. The molecule has 7 heteroatoms. The number of nitrogens with one attached hydrogen (secondary N) is 1. The van der Waals surface area contributed by atoms with E-state index in [0.717, 1.165) is 62.7 Å². The Hall–Kier alpha value is -2.02. The summed E-state index contributed by atoms with van der Waals surface area (Å²) in [6.07, 6.45) is 1.34. The van der Waals surface area contributed by atoms with Crippen molar-refractivity contribution in [1.82, 2.24) is 14.7 Å². The van der Waals surface area contributed by atoms with E-state index in [-0.39, 0.29) is 0 Å². The molecule has 0 spiro atoms. The second-order valence-electron chi connectivity index (χ2n) is 7.06. The highest BCUT2D eigenvalue weighted by Gasteiger charge is 2.30. The summed E-state index contributed by atoms with van der Waals surface area (Å²) in [5.41, 5.74) is 2.30. The summed E-state index contributed by atoms with van der Waals surface area (Å²) in [4.78, 5) is 2.48. The highest BCUT2D eigenvalue weighted by Crippen LogP contribution is 2.32. The first-order valence-electron chi connectivity index (χ1n) is 9.27. The average Bonchev–Trinajstić information content (AvgIpc) is 3.23. The quantitative estimate of drug-likeness (QED) is 0.894. The molecule has 2 aliphatic heterocycles. The maximum atomic E-state index is 12.8. The van der Waals surface area contributed by atoms with E-state index in [1.165, 1.54) is 37.0 Å². The molecule has 0 saturated carbocycles. The first-order chi connectivity index (χ1) is 12.5. The summed E-state index contributed by atoms with van der Waals surface area (Å²) >= 11 is 0. The molecule has 0 bridgehead atoms. The minimum absolute atomic E-state index is 0.636. The lowest BCUT2D eigenvalue weighted by molar-refractivity contribution is -0.137. The van der Waals surface area contributed by atoms with Crippen LogP contribution in [0.2, 0.25) is 0 Å². The number of piperidine rings is 1. The first-order valence-corrected chi connectivity index (χ1v) is 9.27. The van der Waals surface area contributed by atoms with Gasteiger partial charge in [0.2, 0.25) is 0 Å². The summed E-state index contributed by atoms with van der Waals surface area (Å²) in [5, 5.41) is 8.06. The van der Waals surface area contributed by atoms with E-state index >= 15 is 0 Å². The molecule has 1 aromatic heterocycles.